The fourth-order valence-corrected chi connectivity index (χ4v) is 3.84. The molecule has 160 valence electrons. The molecule has 1 aliphatic heterocycles. The Kier molecular flexibility index (Phi) is 6.40. The minimum atomic E-state index is -0.653. The second-order valence-electron chi connectivity index (χ2n) is 6.82. The van der Waals surface area contributed by atoms with Crippen LogP contribution in [0.5, 0.6) is 5.75 Å². The molecule has 0 unspecified atom stereocenters. The fourth-order valence-electron chi connectivity index (χ4n) is 3.01. The number of hydrogen-bond acceptors (Lipinski definition) is 7. The van der Waals surface area contributed by atoms with Crippen molar-refractivity contribution in [2.45, 2.75) is 13.8 Å². The van der Waals surface area contributed by atoms with Gasteiger partial charge in [0, 0.05) is 23.4 Å². The maximum absolute atomic E-state index is 12.7. The second kappa shape index (κ2) is 9.00. The molecule has 1 fully saturated rings. The molecule has 2 aromatic rings. The number of rotatable bonds is 6. The molecule has 9 nitrogen and oxygen atoms in total. The second-order valence-corrected chi connectivity index (χ2v) is 7.81. The number of benzene rings is 2. The molecule has 0 aliphatic carbocycles. The lowest BCUT2D eigenvalue weighted by molar-refractivity contribution is -0.384. The van der Waals surface area contributed by atoms with Gasteiger partial charge in [-0.25, -0.2) is 0 Å². The summed E-state index contributed by atoms with van der Waals surface area (Å²) in [6.07, 6.45) is 1.35. The molecule has 3 amide bonds. The lowest BCUT2D eigenvalue weighted by Crippen LogP contribution is -2.36. The Morgan fingerprint density at radius 2 is 1.97 bits per heavy atom. The smallest absolute Gasteiger partial charge is 0.294 e. The van der Waals surface area contributed by atoms with Crippen molar-refractivity contribution >= 4 is 46.3 Å². The van der Waals surface area contributed by atoms with Crippen LogP contribution in [0.15, 0.2) is 41.3 Å². The van der Waals surface area contributed by atoms with E-state index in [1.54, 1.807) is 6.07 Å². The molecule has 1 aliphatic rings. The largest absolute Gasteiger partial charge is 0.496 e. The molecule has 0 aromatic heterocycles. The zero-order valence-corrected chi connectivity index (χ0v) is 17.8. The monoisotopic (exact) mass is 441 g/mol. The van der Waals surface area contributed by atoms with Crippen LogP contribution in [0.4, 0.5) is 16.2 Å². The molecule has 1 N–H and O–H groups in total. The third-order valence-corrected chi connectivity index (χ3v) is 5.45. The number of anilines is 1. The number of nitro groups is 1. The first-order valence-corrected chi connectivity index (χ1v) is 9.96. The van der Waals surface area contributed by atoms with Crippen LogP contribution in [-0.2, 0) is 9.59 Å². The lowest BCUT2D eigenvalue weighted by Gasteiger charge is -2.14. The van der Waals surface area contributed by atoms with Crippen LogP contribution in [0, 0.1) is 24.0 Å². The van der Waals surface area contributed by atoms with Crippen LogP contribution < -0.4 is 10.1 Å². The first-order valence-electron chi connectivity index (χ1n) is 9.14. The van der Waals surface area contributed by atoms with Gasteiger partial charge in [0.1, 0.15) is 12.3 Å². The van der Waals surface area contributed by atoms with E-state index in [4.69, 9.17) is 4.74 Å². The topological polar surface area (TPSA) is 119 Å². The van der Waals surface area contributed by atoms with Gasteiger partial charge in [-0.3, -0.25) is 29.4 Å². The van der Waals surface area contributed by atoms with Crippen molar-refractivity contribution in [3.63, 3.8) is 0 Å². The maximum atomic E-state index is 12.7. The van der Waals surface area contributed by atoms with Gasteiger partial charge in [0.2, 0.25) is 5.91 Å². The standard InChI is InChI=1S/C21H19N3O6S/c1-12-4-6-16(13(2)8-12)22-19(25)11-23-20(26)18(31-21(23)27)10-14-9-15(24(28)29)5-7-17(14)30-3/h4-10H,11H2,1-3H3,(H,22,25)/b18-10+. The number of carbonyl (C=O) groups is 3. The van der Waals surface area contributed by atoms with E-state index in [2.05, 4.69) is 5.32 Å². The first kappa shape index (κ1) is 22.0. The van der Waals surface area contributed by atoms with E-state index in [0.717, 1.165) is 16.0 Å². The van der Waals surface area contributed by atoms with Gasteiger partial charge in [-0.2, -0.15) is 0 Å². The molecular formula is C21H19N3O6S. The van der Waals surface area contributed by atoms with Crippen LogP contribution in [-0.4, -0.2) is 40.5 Å². The summed E-state index contributed by atoms with van der Waals surface area (Å²) in [4.78, 5) is 48.8. The van der Waals surface area contributed by atoms with Crippen LogP contribution in [0.1, 0.15) is 16.7 Å². The summed E-state index contributed by atoms with van der Waals surface area (Å²) >= 11 is 0.657. The minimum absolute atomic E-state index is 0.0446. The van der Waals surface area contributed by atoms with Gasteiger partial charge in [-0.05, 0) is 49.4 Å². The molecule has 0 bridgehead atoms. The van der Waals surface area contributed by atoms with E-state index < -0.39 is 28.5 Å². The van der Waals surface area contributed by atoms with Crippen LogP contribution >= 0.6 is 11.8 Å². The Labute approximate surface area is 182 Å². The number of ether oxygens (including phenoxy) is 1. The Bertz CT molecular complexity index is 1130. The number of methoxy groups -OCH3 is 1. The van der Waals surface area contributed by atoms with Gasteiger partial charge in [0.25, 0.3) is 16.8 Å². The molecule has 10 heteroatoms. The third kappa shape index (κ3) is 4.92. The fraction of sp³-hybridized carbons (Fsp3) is 0.190. The minimum Gasteiger partial charge on any atom is -0.496 e. The van der Waals surface area contributed by atoms with Crippen molar-refractivity contribution in [2.24, 2.45) is 0 Å². The van der Waals surface area contributed by atoms with E-state index >= 15 is 0 Å². The number of amides is 3. The predicted molar refractivity (Wildman–Crippen MR) is 117 cm³/mol. The Balaban J connectivity index is 1.78. The van der Waals surface area contributed by atoms with E-state index in [-0.39, 0.29) is 16.2 Å². The van der Waals surface area contributed by atoms with Gasteiger partial charge in [0.15, 0.2) is 0 Å². The molecule has 2 aromatic carbocycles. The van der Waals surface area contributed by atoms with Gasteiger partial charge < -0.3 is 10.1 Å². The Morgan fingerprint density at radius 3 is 2.61 bits per heavy atom. The van der Waals surface area contributed by atoms with Crippen LogP contribution in [0.25, 0.3) is 6.08 Å². The van der Waals surface area contributed by atoms with Gasteiger partial charge in [0.05, 0.1) is 16.9 Å². The number of hydrogen-bond donors (Lipinski definition) is 1. The molecule has 0 atom stereocenters. The number of nitrogens with zero attached hydrogens (tertiary/aromatic N) is 2. The van der Waals surface area contributed by atoms with Gasteiger partial charge >= 0.3 is 0 Å². The summed E-state index contributed by atoms with van der Waals surface area (Å²) in [7, 11) is 1.39. The average Bonchev–Trinajstić information content (AvgIpc) is 2.97. The molecule has 31 heavy (non-hydrogen) atoms. The first-order chi connectivity index (χ1) is 14.7. The Morgan fingerprint density at radius 1 is 1.23 bits per heavy atom. The van der Waals surface area contributed by atoms with Crippen molar-refractivity contribution < 1.29 is 24.0 Å². The van der Waals surface area contributed by atoms with Crippen molar-refractivity contribution in [3.05, 3.63) is 68.1 Å². The highest BCUT2D eigenvalue weighted by atomic mass is 32.2. The van der Waals surface area contributed by atoms with Gasteiger partial charge in [-0.1, -0.05) is 17.7 Å². The number of aryl methyl sites for hydroxylation is 2. The van der Waals surface area contributed by atoms with E-state index in [0.29, 0.717) is 23.2 Å². The molecule has 1 saturated heterocycles. The van der Waals surface area contributed by atoms with Crippen molar-refractivity contribution in [1.29, 1.82) is 0 Å². The molecule has 0 saturated carbocycles. The molecular weight excluding hydrogens is 422 g/mol. The highest BCUT2D eigenvalue weighted by molar-refractivity contribution is 8.18. The van der Waals surface area contributed by atoms with Crippen molar-refractivity contribution in [1.82, 2.24) is 4.90 Å². The predicted octanol–water partition coefficient (Wildman–Crippen LogP) is 3.90. The van der Waals surface area contributed by atoms with E-state index in [1.807, 2.05) is 26.0 Å². The zero-order valence-electron chi connectivity index (χ0n) is 17.0. The Hall–Kier alpha value is -3.66. The highest BCUT2D eigenvalue weighted by Crippen LogP contribution is 2.35. The molecule has 3 rings (SSSR count). The number of nitro benzene ring substituents is 1. The summed E-state index contributed by atoms with van der Waals surface area (Å²) in [5.41, 5.74) is 2.60. The number of nitrogens with one attached hydrogen (secondary N) is 1. The number of thioether (sulfide) groups is 1. The summed E-state index contributed by atoms with van der Waals surface area (Å²) in [6, 6.07) is 9.44. The van der Waals surface area contributed by atoms with Crippen LogP contribution in [0.3, 0.4) is 0 Å². The summed E-state index contributed by atoms with van der Waals surface area (Å²) in [5.74, 6) is -0.854. The number of non-ortho nitro benzene ring substituents is 1. The maximum Gasteiger partial charge on any atom is 0.294 e. The molecule has 0 radical (unpaired) electrons. The number of carbonyl (C=O) groups excluding carboxylic acids is 3. The van der Waals surface area contributed by atoms with E-state index in [9.17, 15) is 24.5 Å². The SMILES string of the molecule is COc1ccc([N+](=O)[O-])cc1/C=C1/SC(=O)N(CC(=O)Nc2ccc(C)cc2C)C1=O. The quantitative estimate of drug-likeness (QED) is 0.410. The normalized spacial score (nSPS) is 14.8. The molecule has 1 heterocycles. The van der Waals surface area contributed by atoms with Crippen molar-refractivity contribution in [2.75, 3.05) is 19.0 Å². The third-order valence-electron chi connectivity index (χ3n) is 4.54. The summed E-state index contributed by atoms with van der Waals surface area (Å²) in [5, 5.41) is 13.1. The summed E-state index contributed by atoms with van der Waals surface area (Å²) < 4.78 is 5.18. The van der Waals surface area contributed by atoms with Crippen molar-refractivity contribution in [3.8, 4) is 5.75 Å². The highest BCUT2D eigenvalue weighted by Gasteiger charge is 2.36. The number of imide groups is 1. The van der Waals surface area contributed by atoms with Gasteiger partial charge in [-0.15, -0.1) is 0 Å². The van der Waals surface area contributed by atoms with E-state index in [1.165, 1.54) is 31.4 Å². The average molecular weight is 441 g/mol. The zero-order chi connectivity index (χ0) is 22.7. The molecule has 0 spiro atoms. The summed E-state index contributed by atoms with van der Waals surface area (Å²) in [6.45, 7) is 3.33. The lowest BCUT2D eigenvalue weighted by atomic mass is 10.1. The van der Waals surface area contributed by atoms with Crippen LogP contribution in [0.2, 0.25) is 0 Å².